The summed E-state index contributed by atoms with van der Waals surface area (Å²) in [4.78, 5) is 16.4. The van der Waals surface area contributed by atoms with Gasteiger partial charge in [-0.1, -0.05) is 47.5 Å². The Bertz CT molecular complexity index is 1090. The lowest BCUT2D eigenvalue weighted by Gasteiger charge is -2.06. The quantitative estimate of drug-likeness (QED) is 0.714. The highest BCUT2D eigenvalue weighted by Gasteiger charge is 2.23. The first-order valence-electron chi connectivity index (χ1n) is 7.39. The van der Waals surface area contributed by atoms with Gasteiger partial charge in [0.1, 0.15) is 16.4 Å². The van der Waals surface area contributed by atoms with Gasteiger partial charge in [0.25, 0.3) is 15.9 Å². The molecule has 0 aliphatic heterocycles. The van der Waals surface area contributed by atoms with Crippen molar-refractivity contribution in [3.63, 3.8) is 0 Å². The Morgan fingerprint density at radius 1 is 1.04 bits per heavy atom. The molecule has 0 aliphatic carbocycles. The molecule has 6 nitrogen and oxygen atoms in total. The zero-order valence-corrected chi connectivity index (χ0v) is 15.8. The monoisotopic (exact) mass is 409 g/mol. The SMILES string of the molecule is Cn1cc(C(=O)NS(=O)(=O)c2ccccc2Cl)nc1-c1ccccc1Cl. The summed E-state index contributed by atoms with van der Waals surface area (Å²) in [5, 5.41) is 0.488. The zero-order chi connectivity index (χ0) is 18.9. The number of carbonyl (C=O) groups is 1. The van der Waals surface area contributed by atoms with E-state index >= 15 is 0 Å². The van der Waals surface area contributed by atoms with Gasteiger partial charge >= 0.3 is 0 Å². The van der Waals surface area contributed by atoms with Gasteiger partial charge in [-0.2, -0.15) is 0 Å². The first-order valence-corrected chi connectivity index (χ1v) is 9.63. The Kier molecular flexibility index (Phi) is 5.04. The summed E-state index contributed by atoms with van der Waals surface area (Å²) in [7, 11) is -2.44. The van der Waals surface area contributed by atoms with Gasteiger partial charge in [-0.25, -0.2) is 18.1 Å². The average molecular weight is 410 g/mol. The molecule has 1 N–H and O–H groups in total. The van der Waals surface area contributed by atoms with Gasteiger partial charge in [-0.05, 0) is 24.3 Å². The molecule has 0 radical (unpaired) electrons. The highest BCUT2D eigenvalue weighted by molar-refractivity contribution is 7.90. The van der Waals surface area contributed by atoms with Gasteiger partial charge in [0, 0.05) is 18.8 Å². The average Bonchev–Trinajstić information content (AvgIpc) is 2.97. The molecule has 0 saturated heterocycles. The number of aryl methyl sites for hydroxylation is 1. The molecule has 0 fully saturated rings. The lowest BCUT2D eigenvalue weighted by atomic mass is 10.2. The minimum Gasteiger partial charge on any atom is -0.333 e. The van der Waals surface area contributed by atoms with Crippen molar-refractivity contribution in [2.75, 3.05) is 0 Å². The molecule has 3 aromatic rings. The molecule has 0 unspecified atom stereocenters. The number of hydrogen-bond donors (Lipinski definition) is 1. The summed E-state index contributed by atoms with van der Waals surface area (Å²) >= 11 is 12.1. The van der Waals surface area contributed by atoms with Crippen LogP contribution in [-0.2, 0) is 17.1 Å². The number of rotatable bonds is 4. The number of aromatic nitrogens is 2. The van der Waals surface area contributed by atoms with Crippen LogP contribution < -0.4 is 4.72 Å². The highest BCUT2D eigenvalue weighted by Crippen LogP contribution is 2.26. The highest BCUT2D eigenvalue weighted by atomic mass is 35.5. The van der Waals surface area contributed by atoms with Crippen LogP contribution in [0.1, 0.15) is 10.5 Å². The van der Waals surface area contributed by atoms with E-state index in [4.69, 9.17) is 23.2 Å². The van der Waals surface area contributed by atoms with Crippen molar-refractivity contribution in [2.24, 2.45) is 7.05 Å². The Labute approximate surface area is 160 Å². The van der Waals surface area contributed by atoms with E-state index < -0.39 is 15.9 Å². The summed E-state index contributed by atoms with van der Waals surface area (Å²) < 4.78 is 28.3. The van der Waals surface area contributed by atoms with Crippen molar-refractivity contribution in [1.82, 2.24) is 14.3 Å². The number of sulfonamides is 1. The molecule has 0 aliphatic rings. The number of hydrogen-bond acceptors (Lipinski definition) is 4. The number of imidazole rings is 1. The van der Waals surface area contributed by atoms with Crippen LogP contribution in [0.5, 0.6) is 0 Å². The van der Waals surface area contributed by atoms with Gasteiger partial charge in [-0.3, -0.25) is 4.79 Å². The molecule has 134 valence electrons. The number of nitrogens with zero attached hydrogens (tertiary/aromatic N) is 2. The Hall–Kier alpha value is -2.35. The molecule has 9 heteroatoms. The van der Waals surface area contributed by atoms with Crippen molar-refractivity contribution in [3.8, 4) is 11.4 Å². The maximum Gasteiger partial charge on any atom is 0.285 e. The second-order valence-corrected chi connectivity index (χ2v) is 7.87. The van der Waals surface area contributed by atoms with Gasteiger partial charge in [0.2, 0.25) is 0 Å². The number of amides is 1. The topological polar surface area (TPSA) is 81.1 Å². The molecule has 1 aromatic heterocycles. The number of halogens is 2. The molecule has 3 rings (SSSR count). The fourth-order valence-electron chi connectivity index (χ4n) is 2.36. The standard InChI is InChI=1S/C17H13Cl2N3O3S/c1-22-10-14(20-16(22)11-6-2-3-7-12(11)18)17(23)21-26(24,25)15-9-5-4-8-13(15)19/h2-10H,1H3,(H,21,23). The Morgan fingerprint density at radius 3 is 2.31 bits per heavy atom. The largest absolute Gasteiger partial charge is 0.333 e. The van der Waals surface area contributed by atoms with Crippen molar-refractivity contribution in [2.45, 2.75) is 4.90 Å². The van der Waals surface area contributed by atoms with Crippen molar-refractivity contribution >= 4 is 39.1 Å². The third-order valence-corrected chi connectivity index (χ3v) is 5.74. The summed E-state index contributed by atoms with van der Waals surface area (Å²) in [6.07, 6.45) is 1.43. The van der Waals surface area contributed by atoms with E-state index in [0.717, 1.165) is 0 Å². The molecule has 0 spiro atoms. The van der Waals surface area contributed by atoms with Crippen LogP contribution >= 0.6 is 23.2 Å². The van der Waals surface area contributed by atoms with Crippen molar-refractivity contribution < 1.29 is 13.2 Å². The molecule has 2 aromatic carbocycles. The van der Waals surface area contributed by atoms with Gasteiger partial charge < -0.3 is 4.57 Å². The molecule has 0 bridgehead atoms. The molecule has 26 heavy (non-hydrogen) atoms. The number of nitrogens with one attached hydrogen (secondary N) is 1. The second kappa shape index (κ2) is 7.11. The van der Waals surface area contributed by atoms with Crippen LogP contribution in [0.3, 0.4) is 0 Å². The Morgan fingerprint density at radius 2 is 1.65 bits per heavy atom. The minimum atomic E-state index is -4.12. The zero-order valence-electron chi connectivity index (χ0n) is 13.5. The van der Waals surface area contributed by atoms with Crippen LogP contribution in [-0.4, -0.2) is 23.9 Å². The number of benzene rings is 2. The molecule has 0 atom stereocenters. The molecule has 1 amide bonds. The van der Waals surface area contributed by atoms with Crippen LogP contribution in [0, 0.1) is 0 Å². The number of carbonyl (C=O) groups excluding carboxylic acids is 1. The summed E-state index contributed by atoms with van der Waals surface area (Å²) in [5.74, 6) is -0.422. The first kappa shape index (κ1) is 18.4. The third-order valence-electron chi connectivity index (χ3n) is 3.58. The van der Waals surface area contributed by atoms with E-state index in [2.05, 4.69) is 4.98 Å². The van der Waals surface area contributed by atoms with Gasteiger partial charge in [0.05, 0.1) is 10.0 Å². The van der Waals surface area contributed by atoms with E-state index in [9.17, 15) is 13.2 Å². The van der Waals surface area contributed by atoms with Crippen LogP contribution in [0.4, 0.5) is 0 Å². The van der Waals surface area contributed by atoms with Crippen LogP contribution in [0.15, 0.2) is 59.6 Å². The van der Waals surface area contributed by atoms with E-state index in [1.807, 2.05) is 4.72 Å². The molecular weight excluding hydrogens is 397 g/mol. The second-order valence-electron chi connectivity index (χ2n) is 5.41. The normalized spacial score (nSPS) is 11.3. The fraction of sp³-hybridized carbons (Fsp3) is 0.0588. The molecule has 1 heterocycles. The van der Waals surface area contributed by atoms with E-state index in [1.54, 1.807) is 41.9 Å². The van der Waals surface area contributed by atoms with Crippen LogP contribution in [0.2, 0.25) is 10.0 Å². The summed E-state index contributed by atoms with van der Waals surface area (Å²) in [6.45, 7) is 0. The van der Waals surface area contributed by atoms with E-state index in [1.165, 1.54) is 24.4 Å². The first-order chi connectivity index (χ1) is 12.3. The lowest BCUT2D eigenvalue weighted by molar-refractivity contribution is 0.0977. The summed E-state index contributed by atoms with van der Waals surface area (Å²) in [5.41, 5.74) is 0.572. The van der Waals surface area contributed by atoms with E-state index in [-0.39, 0.29) is 15.6 Å². The van der Waals surface area contributed by atoms with E-state index in [0.29, 0.717) is 16.4 Å². The smallest absolute Gasteiger partial charge is 0.285 e. The van der Waals surface area contributed by atoms with Gasteiger partial charge in [0.15, 0.2) is 0 Å². The third kappa shape index (κ3) is 3.60. The summed E-state index contributed by atoms with van der Waals surface area (Å²) in [6, 6.07) is 12.9. The maximum absolute atomic E-state index is 12.4. The molecule has 0 saturated carbocycles. The van der Waals surface area contributed by atoms with Crippen LogP contribution in [0.25, 0.3) is 11.4 Å². The molecular formula is C17H13Cl2N3O3S. The van der Waals surface area contributed by atoms with Gasteiger partial charge in [-0.15, -0.1) is 0 Å². The van der Waals surface area contributed by atoms with Crippen molar-refractivity contribution in [3.05, 3.63) is 70.5 Å². The predicted octanol–water partition coefficient (Wildman–Crippen LogP) is 3.51. The van der Waals surface area contributed by atoms with Crippen molar-refractivity contribution in [1.29, 1.82) is 0 Å². The minimum absolute atomic E-state index is 0.0191. The Balaban J connectivity index is 1.91. The predicted molar refractivity (Wildman–Crippen MR) is 99.8 cm³/mol. The lowest BCUT2D eigenvalue weighted by Crippen LogP contribution is -2.31. The maximum atomic E-state index is 12.4. The fourth-order valence-corrected chi connectivity index (χ4v) is 4.06.